The molecule has 0 aliphatic carbocycles. The topological polar surface area (TPSA) is 15.3 Å². The average Bonchev–Trinajstić information content (AvgIpc) is 2.32. The van der Waals surface area contributed by atoms with E-state index in [4.69, 9.17) is 0 Å². The van der Waals surface area contributed by atoms with E-state index in [1.807, 2.05) is 0 Å². The Labute approximate surface area is 108 Å². The van der Waals surface area contributed by atoms with Gasteiger partial charge >= 0.3 is 0 Å². The van der Waals surface area contributed by atoms with Gasteiger partial charge in [0.2, 0.25) is 0 Å². The fraction of sp³-hybridized carbons (Fsp3) is 1.00. The molecular formula is C15H32N2. The Bertz CT molecular complexity index is 182. The van der Waals surface area contributed by atoms with Crippen molar-refractivity contribution in [2.75, 3.05) is 26.2 Å². The molecule has 2 unspecified atom stereocenters. The summed E-state index contributed by atoms with van der Waals surface area (Å²) < 4.78 is 0. The number of nitrogens with zero attached hydrogens (tertiary/aromatic N) is 1. The molecule has 0 aromatic carbocycles. The summed E-state index contributed by atoms with van der Waals surface area (Å²) in [5, 5.41) is 3.56. The molecule has 102 valence electrons. The van der Waals surface area contributed by atoms with Gasteiger partial charge in [0.25, 0.3) is 0 Å². The number of nitrogens with one attached hydrogen (secondary N) is 1. The van der Waals surface area contributed by atoms with E-state index in [-0.39, 0.29) is 0 Å². The van der Waals surface area contributed by atoms with Crippen molar-refractivity contribution in [3.63, 3.8) is 0 Å². The Balaban J connectivity index is 1.96. The Morgan fingerprint density at radius 2 is 2.18 bits per heavy atom. The van der Waals surface area contributed by atoms with Gasteiger partial charge < -0.3 is 10.2 Å². The second-order valence-electron chi connectivity index (χ2n) is 5.90. The van der Waals surface area contributed by atoms with Gasteiger partial charge in [-0.3, -0.25) is 0 Å². The first-order chi connectivity index (χ1) is 8.22. The molecule has 1 aliphatic rings. The zero-order chi connectivity index (χ0) is 12.5. The van der Waals surface area contributed by atoms with E-state index in [0.29, 0.717) is 6.04 Å². The van der Waals surface area contributed by atoms with Gasteiger partial charge in [-0.05, 0) is 64.6 Å². The summed E-state index contributed by atoms with van der Waals surface area (Å²) in [7, 11) is 0. The molecule has 1 fully saturated rings. The molecule has 0 aromatic heterocycles. The van der Waals surface area contributed by atoms with Crippen LogP contribution in [0.1, 0.15) is 59.3 Å². The van der Waals surface area contributed by atoms with Crippen molar-refractivity contribution in [3.05, 3.63) is 0 Å². The lowest BCUT2D eigenvalue weighted by atomic mass is 10.00. The van der Waals surface area contributed by atoms with Crippen LogP contribution in [0.3, 0.4) is 0 Å². The number of hydrogen-bond donors (Lipinski definition) is 1. The standard InChI is InChI=1S/C15H32N2/c1-4-10-16-15(3)9-5-6-11-17-12-7-8-14(2)13-17/h14-16H,4-13H2,1-3H3. The van der Waals surface area contributed by atoms with E-state index in [1.54, 1.807) is 0 Å². The van der Waals surface area contributed by atoms with Crippen LogP contribution in [0, 0.1) is 5.92 Å². The average molecular weight is 240 g/mol. The second-order valence-corrected chi connectivity index (χ2v) is 5.90. The van der Waals surface area contributed by atoms with Gasteiger partial charge in [0.15, 0.2) is 0 Å². The van der Waals surface area contributed by atoms with Gasteiger partial charge in [0, 0.05) is 12.6 Å². The molecule has 17 heavy (non-hydrogen) atoms. The van der Waals surface area contributed by atoms with Crippen molar-refractivity contribution >= 4 is 0 Å². The Morgan fingerprint density at radius 1 is 1.35 bits per heavy atom. The molecule has 0 amide bonds. The van der Waals surface area contributed by atoms with E-state index in [1.165, 1.54) is 64.7 Å². The highest BCUT2D eigenvalue weighted by molar-refractivity contribution is 4.70. The number of likely N-dealkylation sites (tertiary alicyclic amines) is 1. The quantitative estimate of drug-likeness (QED) is 0.655. The lowest BCUT2D eigenvalue weighted by molar-refractivity contribution is 0.180. The third kappa shape index (κ3) is 7.05. The molecule has 2 nitrogen and oxygen atoms in total. The minimum atomic E-state index is 0.704. The third-order valence-corrected chi connectivity index (χ3v) is 3.85. The van der Waals surface area contributed by atoms with Gasteiger partial charge in [0.1, 0.15) is 0 Å². The zero-order valence-corrected chi connectivity index (χ0v) is 12.2. The van der Waals surface area contributed by atoms with Gasteiger partial charge in [-0.1, -0.05) is 20.3 Å². The number of hydrogen-bond acceptors (Lipinski definition) is 2. The first kappa shape index (κ1) is 15.0. The molecule has 0 bridgehead atoms. The maximum atomic E-state index is 3.56. The molecule has 1 N–H and O–H groups in total. The predicted molar refractivity (Wildman–Crippen MR) is 76.4 cm³/mol. The van der Waals surface area contributed by atoms with Crippen molar-refractivity contribution in [2.24, 2.45) is 5.92 Å². The molecule has 2 heteroatoms. The summed E-state index contributed by atoms with van der Waals surface area (Å²) in [5.41, 5.74) is 0. The van der Waals surface area contributed by atoms with Gasteiger partial charge in [-0.2, -0.15) is 0 Å². The van der Waals surface area contributed by atoms with Crippen LogP contribution in [0.4, 0.5) is 0 Å². The van der Waals surface area contributed by atoms with Crippen LogP contribution in [0.2, 0.25) is 0 Å². The minimum Gasteiger partial charge on any atom is -0.314 e. The summed E-state index contributed by atoms with van der Waals surface area (Å²) in [5.74, 6) is 0.925. The Morgan fingerprint density at radius 3 is 2.88 bits per heavy atom. The highest BCUT2D eigenvalue weighted by atomic mass is 15.1. The largest absolute Gasteiger partial charge is 0.314 e. The molecule has 0 spiro atoms. The molecule has 1 rings (SSSR count). The number of piperidine rings is 1. The van der Waals surface area contributed by atoms with Crippen LogP contribution < -0.4 is 5.32 Å². The van der Waals surface area contributed by atoms with E-state index >= 15 is 0 Å². The molecule has 0 radical (unpaired) electrons. The van der Waals surface area contributed by atoms with Crippen molar-refractivity contribution in [2.45, 2.75) is 65.3 Å². The lowest BCUT2D eigenvalue weighted by Gasteiger charge is -2.30. The van der Waals surface area contributed by atoms with Crippen molar-refractivity contribution in [3.8, 4) is 0 Å². The molecule has 2 atom stereocenters. The van der Waals surface area contributed by atoms with Crippen molar-refractivity contribution in [1.82, 2.24) is 10.2 Å². The van der Waals surface area contributed by atoms with Crippen molar-refractivity contribution < 1.29 is 0 Å². The zero-order valence-electron chi connectivity index (χ0n) is 12.2. The van der Waals surface area contributed by atoms with Crippen LogP contribution >= 0.6 is 0 Å². The Kier molecular flexibility index (Phi) is 7.87. The van der Waals surface area contributed by atoms with Gasteiger partial charge in [0.05, 0.1) is 0 Å². The third-order valence-electron chi connectivity index (χ3n) is 3.85. The predicted octanol–water partition coefficient (Wildman–Crippen LogP) is 3.28. The first-order valence-corrected chi connectivity index (χ1v) is 7.68. The maximum Gasteiger partial charge on any atom is 0.00387 e. The van der Waals surface area contributed by atoms with E-state index in [2.05, 4.69) is 31.0 Å². The monoisotopic (exact) mass is 240 g/mol. The highest BCUT2D eigenvalue weighted by Gasteiger charge is 2.15. The van der Waals surface area contributed by atoms with Crippen LogP contribution in [-0.2, 0) is 0 Å². The van der Waals surface area contributed by atoms with E-state index in [0.717, 1.165) is 5.92 Å². The SMILES string of the molecule is CCCNC(C)CCCCN1CCCC(C)C1. The summed E-state index contributed by atoms with van der Waals surface area (Å²) in [6.45, 7) is 12.1. The second kappa shape index (κ2) is 8.93. The summed E-state index contributed by atoms with van der Waals surface area (Å²) in [6.07, 6.45) is 8.19. The Hall–Kier alpha value is -0.0800. The number of unbranched alkanes of at least 4 members (excludes halogenated alkanes) is 1. The van der Waals surface area contributed by atoms with Crippen molar-refractivity contribution in [1.29, 1.82) is 0 Å². The first-order valence-electron chi connectivity index (χ1n) is 7.68. The fourth-order valence-corrected chi connectivity index (χ4v) is 2.77. The summed E-state index contributed by atoms with van der Waals surface area (Å²) >= 11 is 0. The number of rotatable bonds is 8. The van der Waals surface area contributed by atoms with Gasteiger partial charge in [-0.15, -0.1) is 0 Å². The lowest BCUT2D eigenvalue weighted by Crippen LogP contribution is -2.35. The molecule has 1 aliphatic heterocycles. The minimum absolute atomic E-state index is 0.704. The molecule has 0 saturated carbocycles. The van der Waals surface area contributed by atoms with E-state index < -0.39 is 0 Å². The normalized spacial score (nSPS) is 23.8. The highest BCUT2D eigenvalue weighted by Crippen LogP contribution is 2.16. The molecule has 1 heterocycles. The summed E-state index contributed by atoms with van der Waals surface area (Å²) in [6, 6.07) is 0.704. The molecule has 1 saturated heterocycles. The van der Waals surface area contributed by atoms with Crippen LogP contribution in [-0.4, -0.2) is 37.1 Å². The maximum absolute atomic E-state index is 3.56. The van der Waals surface area contributed by atoms with Crippen LogP contribution in [0.25, 0.3) is 0 Å². The molecule has 0 aromatic rings. The summed E-state index contributed by atoms with van der Waals surface area (Å²) in [4.78, 5) is 2.66. The smallest absolute Gasteiger partial charge is 0.00387 e. The van der Waals surface area contributed by atoms with E-state index in [9.17, 15) is 0 Å². The van der Waals surface area contributed by atoms with Crippen LogP contribution in [0.15, 0.2) is 0 Å². The van der Waals surface area contributed by atoms with Gasteiger partial charge in [-0.25, -0.2) is 0 Å². The molecular weight excluding hydrogens is 208 g/mol. The fourth-order valence-electron chi connectivity index (χ4n) is 2.77. The van der Waals surface area contributed by atoms with Crippen LogP contribution in [0.5, 0.6) is 0 Å².